The van der Waals surface area contributed by atoms with Crippen LogP contribution in [0.15, 0.2) is 42.6 Å². The number of benzene rings is 1. The lowest BCUT2D eigenvalue weighted by Crippen LogP contribution is -2.57. The summed E-state index contributed by atoms with van der Waals surface area (Å²) in [4.78, 5) is 18.1. The molecule has 2 fully saturated rings. The van der Waals surface area contributed by atoms with Crippen molar-refractivity contribution in [2.75, 3.05) is 13.6 Å². The smallest absolute Gasteiger partial charge is 0.274 e. The number of amides is 1. The van der Waals surface area contributed by atoms with E-state index >= 15 is 0 Å². The third-order valence-electron chi connectivity index (χ3n) is 6.65. The highest BCUT2D eigenvalue weighted by Gasteiger charge is 2.52. The van der Waals surface area contributed by atoms with Gasteiger partial charge in [-0.05, 0) is 44.9 Å². The van der Waals surface area contributed by atoms with E-state index in [4.69, 9.17) is 0 Å². The molecule has 0 unspecified atom stereocenters. The summed E-state index contributed by atoms with van der Waals surface area (Å²) in [7, 11) is 4.10. The summed E-state index contributed by atoms with van der Waals surface area (Å²) in [5.41, 5.74) is 1.73. The Bertz CT molecular complexity index is 802. The molecule has 0 bridgehead atoms. The van der Waals surface area contributed by atoms with E-state index in [1.807, 2.05) is 19.3 Å². The first-order chi connectivity index (χ1) is 13.0. The first kappa shape index (κ1) is 18.2. The number of hydrogen-bond acceptors (Lipinski definition) is 3. The molecule has 2 aromatic rings. The van der Waals surface area contributed by atoms with E-state index in [2.05, 4.69) is 59.2 Å². The number of fused-ring (bicyclic) bond motifs is 1. The van der Waals surface area contributed by atoms with Crippen molar-refractivity contribution >= 4 is 5.91 Å². The molecule has 144 valence electrons. The number of carbonyl (C=O) groups excluding carboxylic acids is 1. The summed E-state index contributed by atoms with van der Waals surface area (Å²) < 4.78 is 1.71. The number of likely N-dealkylation sites (N-methyl/N-ethyl adjacent to an activating group) is 1. The highest BCUT2D eigenvalue weighted by Crippen LogP contribution is 2.47. The normalized spacial score (nSPS) is 29.2. The molecule has 0 aliphatic carbocycles. The van der Waals surface area contributed by atoms with Crippen LogP contribution in [0, 0.1) is 0 Å². The molecule has 3 atom stereocenters. The molecule has 3 heterocycles. The van der Waals surface area contributed by atoms with E-state index < -0.39 is 0 Å². The van der Waals surface area contributed by atoms with Crippen LogP contribution in [0.5, 0.6) is 0 Å². The van der Waals surface area contributed by atoms with Gasteiger partial charge in [-0.1, -0.05) is 43.2 Å². The van der Waals surface area contributed by atoms with Gasteiger partial charge in [-0.15, -0.1) is 0 Å². The Morgan fingerprint density at radius 1 is 1.11 bits per heavy atom. The molecule has 2 saturated heterocycles. The Hall–Kier alpha value is -2.14. The summed E-state index contributed by atoms with van der Waals surface area (Å²) in [5.74, 6) is 0.0760. The minimum Gasteiger partial charge on any atom is -0.330 e. The van der Waals surface area contributed by atoms with Gasteiger partial charge in [0.05, 0.1) is 5.54 Å². The molecule has 0 radical (unpaired) electrons. The number of nitrogens with zero attached hydrogens (tertiary/aromatic N) is 4. The molecule has 0 saturated carbocycles. The minimum absolute atomic E-state index is 0.0760. The molecule has 1 amide bonds. The molecule has 0 N–H and O–H groups in total. The highest BCUT2D eigenvalue weighted by atomic mass is 16.2. The molecule has 27 heavy (non-hydrogen) atoms. The fourth-order valence-electron chi connectivity index (χ4n) is 5.20. The van der Waals surface area contributed by atoms with Crippen LogP contribution >= 0.6 is 0 Å². The van der Waals surface area contributed by atoms with Crippen molar-refractivity contribution in [1.29, 1.82) is 0 Å². The maximum absolute atomic E-state index is 13.4. The summed E-state index contributed by atoms with van der Waals surface area (Å²) in [5, 5.41) is 4.39. The third kappa shape index (κ3) is 3.18. The predicted octanol–water partition coefficient (Wildman–Crippen LogP) is 3.64. The lowest BCUT2D eigenvalue weighted by Gasteiger charge is -2.45. The van der Waals surface area contributed by atoms with Crippen LogP contribution in [-0.4, -0.2) is 50.7 Å². The molecule has 0 spiro atoms. The number of rotatable bonds is 2. The molecule has 2 aliphatic rings. The first-order valence-electron chi connectivity index (χ1n) is 10.1. The monoisotopic (exact) mass is 366 g/mol. The van der Waals surface area contributed by atoms with Gasteiger partial charge in [0.25, 0.3) is 5.91 Å². The van der Waals surface area contributed by atoms with Gasteiger partial charge in [0.15, 0.2) is 0 Å². The Labute approximate surface area is 162 Å². The average Bonchev–Trinajstić information content (AvgIpc) is 3.19. The molecule has 1 aromatic heterocycles. The molecular formula is C22H30N4O. The Balaban J connectivity index is 1.70. The quantitative estimate of drug-likeness (QED) is 0.815. The zero-order valence-electron chi connectivity index (χ0n) is 16.6. The van der Waals surface area contributed by atoms with E-state index in [1.54, 1.807) is 4.68 Å². The van der Waals surface area contributed by atoms with Gasteiger partial charge in [-0.2, -0.15) is 5.10 Å². The number of likely N-dealkylation sites (tertiary alicyclic amines) is 2. The molecule has 4 rings (SSSR count). The topological polar surface area (TPSA) is 41.4 Å². The average molecular weight is 367 g/mol. The van der Waals surface area contributed by atoms with Gasteiger partial charge in [0.1, 0.15) is 5.69 Å². The van der Waals surface area contributed by atoms with E-state index in [9.17, 15) is 4.79 Å². The maximum Gasteiger partial charge on any atom is 0.274 e. The predicted molar refractivity (Wildman–Crippen MR) is 106 cm³/mol. The van der Waals surface area contributed by atoms with Gasteiger partial charge in [0.2, 0.25) is 0 Å². The highest BCUT2D eigenvalue weighted by molar-refractivity contribution is 5.93. The van der Waals surface area contributed by atoms with Crippen LogP contribution in [0.4, 0.5) is 0 Å². The third-order valence-corrected chi connectivity index (χ3v) is 6.65. The summed E-state index contributed by atoms with van der Waals surface area (Å²) in [6.07, 6.45) is 7.45. The van der Waals surface area contributed by atoms with Gasteiger partial charge < -0.3 is 4.90 Å². The van der Waals surface area contributed by atoms with Crippen molar-refractivity contribution in [2.24, 2.45) is 7.05 Å². The van der Waals surface area contributed by atoms with E-state index in [0.29, 0.717) is 17.8 Å². The van der Waals surface area contributed by atoms with Crippen molar-refractivity contribution in [3.8, 4) is 0 Å². The summed E-state index contributed by atoms with van der Waals surface area (Å²) >= 11 is 0. The van der Waals surface area contributed by atoms with E-state index in [-0.39, 0.29) is 11.4 Å². The standard InChI is InChI=1S/C22H30N4O/c1-22-16-19(17-10-6-4-7-11-17)25(3)20(22)12-8-5-9-14-26(22)21(27)18-13-15-24(2)23-18/h4,6-7,10-11,13,15,19-20H,5,8-9,12,14,16H2,1-3H3/t19-,20-,22-/m0/s1. The Morgan fingerprint density at radius 3 is 2.59 bits per heavy atom. The zero-order valence-corrected chi connectivity index (χ0v) is 16.6. The molecular weight excluding hydrogens is 336 g/mol. The molecule has 1 aromatic carbocycles. The van der Waals surface area contributed by atoms with Gasteiger partial charge in [0, 0.05) is 31.9 Å². The van der Waals surface area contributed by atoms with Crippen LogP contribution in [-0.2, 0) is 7.05 Å². The minimum atomic E-state index is -0.176. The Morgan fingerprint density at radius 2 is 1.89 bits per heavy atom. The number of carbonyl (C=O) groups is 1. The zero-order chi connectivity index (χ0) is 19.0. The largest absolute Gasteiger partial charge is 0.330 e. The lowest BCUT2D eigenvalue weighted by molar-refractivity contribution is 0.0336. The van der Waals surface area contributed by atoms with Crippen LogP contribution in [0.25, 0.3) is 0 Å². The van der Waals surface area contributed by atoms with Crippen molar-refractivity contribution in [3.63, 3.8) is 0 Å². The SMILES string of the molecule is CN1[C@H]2CCCCCN(C(=O)c3ccn(C)n3)[C@@]2(C)C[C@H]1c1ccccc1. The van der Waals surface area contributed by atoms with Gasteiger partial charge >= 0.3 is 0 Å². The van der Waals surface area contributed by atoms with Crippen LogP contribution in [0.2, 0.25) is 0 Å². The van der Waals surface area contributed by atoms with E-state index in [0.717, 1.165) is 25.8 Å². The number of aryl methyl sites for hydroxylation is 1. The van der Waals surface area contributed by atoms with Crippen molar-refractivity contribution < 1.29 is 4.79 Å². The number of hydrogen-bond donors (Lipinski definition) is 0. The van der Waals surface area contributed by atoms with Crippen LogP contribution in [0.3, 0.4) is 0 Å². The molecule has 2 aliphatic heterocycles. The van der Waals surface area contributed by atoms with Crippen LogP contribution < -0.4 is 0 Å². The fraction of sp³-hybridized carbons (Fsp3) is 0.545. The number of aromatic nitrogens is 2. The second kappa shape index (κ2) is 7.12. The molecule has 5 nitrogen and oxygen atoms in total. The van der Waals surface area contributed by atoms with Crippen LogP contribution in [0.1, 0.15) is 61.1 Å². The summed E-state index contributed by atoms with van der Waals surface area (Å²) in [6.45, 7) is 3.11. The van der Waals surface area contributed by atoms with Gasteiger partial charge in [-0.3, -0.25) is 14.4 Å². The second-order valence-electron chi connectivity index (χ2n) is 8.35. The fourth-order valence-corrected chi connectivity index (χ4v) is 5.20. The molecule has 5 heteroatoms. The Kier molecular flexibility index (Phi) is 4.81. The first-order valence-corrected chi connectivity index (χ1v) is 10.1. The summed E-state index contributed by atoms with van der Waals surface area (Å²) in [6, 6.07) is 13.3. The van der Waals surface area contributed by atoms with Crippen molar-refractivity contribution in [1.82, 2.24) is 19.6 Å². The lowest BCUT2D eigenvalue weighted by atomic mass is 9.83. The maximum atomic E-state index is 13.4. The van der Waals surface area contributed by atoms with Gasteiger partial charge in [-0.25, -0.2) is 0 Å². The van der Waals surface area contributed by atoms with E-state index in [1.165, 1.54) is 18.4 Å². The van der Waals surface area contributed by atoms with Crippen molar-refractivity contribution in [2.45, 2.75) is 56.7 Å². The van der Waals surface area contributed by atoms with Crippen molar-refractivity contribution in [3.05, 3.63) is 53.9 Å². The second-order valence-corrected chi connectivity index (χ2v) is 8.35.